The van der Waals surface area contributed by atoms with Crippen LogP contribution in [0.4, 0.5) is 0 Å². The van der Waals surface area contributed by atoms with Crippen LogP contribution in [0.2, 0.25) is 0 Å². The van der Waals surface area contributed by atoms with Gasteiger partial charge in [0, 0.05) is 6.54 Å². The molecule has 1 heterocycles. The number of nitrogens with one attached hydrogen (secondary N) is 1. The van der Waals surface area contributed by atoms with E-state index in [1.54, 1.807) is 0 Å². The molecule has 2 aromatic rings. The van der Waals surface area contributed by atoms with Gasteiger partial charge in [-0.15, -0.1) is 0 Å². The maximum Gasteiger partial charge on any atom is 0.234 e. The van der Waals surface area contributed by atoms with Crippen LogP contribution >= 0.6 is 0 Å². The highest BCUT2D eigenvalue weighted by Crippen LogP contribution is 2.22. The SMILES string of the molecule is O=C(CN1CCC[C@](O)(COc2ccccc2)C1)NCCOc1ccccc1. The Balaban J connectivity index is 1.37. The molecule has 0 aromatic heterocycles. The van der Waals surface area contributed by atoms with Crippen LogP contribution < -0.4 is 14.8 Å². The molecule has 2 N–H and O–H groups in total. The number of carbonyl (C=O) groups is 1. The minimum absolute atomic E-state index is 0.0649. The van der Waals surface area contributed by atoms with Crippen LogP contribution in [0.3, 0.4) is 0 Å². The molecule has 0 radical (unpaired) electrons. The monoisotopic (exact) mass is 384 g/mol. The van der Waals surface area contributed by atoms with Gasteiger partial charge in [-0.1, -0.05) is 36.4 Å². The Morgan fingerprint density at radius 3 is 2.36 bits per heavy atom. The number of nitrogens with zero attached hydrogens (tertiary/aromatic N) is 1. The van der Waals surface area contributed by atoms with Crippen molar-refractivity contribution in [1.29, 1.82) is 0 Å². The molecule has 1 amide bonds. The van der Waals surface area contributed by atoms with Crippen molar-refractivity contribution in [3.8, 4) is 11.5 Å². The first-order valence-electron chi connectivity index (χ1n) is 9.70. The van der Waals surface area contributed by atoms with Crippen LogP contribution in [0.5, 0.6) is 11.5 Å². The van der Waals surface area contributed by atoms with Crippen molar-refractivity contribution in [3.05, 3.63) is 60.7 Å². The molecule has 1 aliphatic rings. The highest BCUT2D eigenvalue weighted by atomic mass is 16.5. The van der Waals surface area contributed by atoms with Crippen molar-refractivity contribution >= 4 is 5.91 Å². The molecular weight excluding hydrogens is 356 g/mol. The predicted molar refractivity (Wildman–Crippen MR) is 108 cm³/mol. The lowest BCUT2D eigenvalue weighted by atomic mass is 9.93. The fourth-order valence-electron chi connectivity index (χ4n) is 3.33. The summed E-state index contributed by atoms with van der Waals surface area (Å²) >= 11 is 0. The molecule has 2 aromatic carbocycles. The van der Waals surface area contributed by atoms with E-state index in [-0.39, 0.29) is 19.1 Å². The number of aliphatic hydroxyl groups is 1. The molecule has 6 nitrogen and oxygen atoms in total. The molecule has 0 unspecified atom stereocenters. The highest BCUT2D eigenvalue weighted by Gasteiger charge is 2.34. The van der Waals surface area contributed by atoms with Crippen LogP contribution in [-0.2, 0) is 4.79 Å². The number of piperidine rings is 1. The van der Waals surface area contributed by atoms with Gasteiger partial charge in [0.1, 0.15) is 30.3 Å². The summed E-state index contributed by atoms with van der Waals surface area (Å²) in [5, 5.41) is 13.7. The second-order valence-electron chi connectivity index (χ2n) is 7.15. The van der Waals surface area contributed by atoms with Crippen molar-refractivity contribution in [1.82, 2.24) is 10.2 Å². The standard InChI is InChI=1S/C22H28N2O4/c25-21(23-13-15-27-19-8-3-1-4-9-19)16-24-14-7-12-22(26,17-24)18-28-20-10-5-2-6-11-20/h1-6,8-11,26H,7,12-18H2,(H,23,25)/t22-/m1/s1. The first kappa shape index (κ1) is 20.2. The number of para-hydroxylation sites is 2. The Morgan fingerprint density at radius 2 is 1.68 bits per heavy atom. The molecular formula is C22H28N2O4. The summed E-state index contributed by atoms with van der Waals surface area (Å²) in [6.07, 6.45) is 1.50. The number of hydrogen-bond donors (Lipinski definition) is 2. The summed E-state index contributed by atoms with van der Waals surface area (Å²) in [6, 6.07) is 19.0. The van der Waals surface area contributed by atoms with E-state index in [0.717, 1.165) is 24.5 Å². The fourth-order valence-corrected chi connectivity index (χ4v) is 3.33. The molecule has 1 saturated heterocycles. The second kappa shape index (κ2) is 10.1. The second-order valence-corrected chi connectivity index (χ2v) is 7.15. The summed E-state index contributed by atoms with van der Waals surface area (Å²) in [5.41, 5.74) is -0.940. The lowest BCUT2D eigenvalue weighted by molar-refractivity contribution is -0.124. The van der Waals surface area contributed by atoms with Crippen molar-refractivity contribution in [2.75, 3.05) is 39.4 Å². The highest BCUT2D eigenvalue weighted by molar-refractivity contribution is 5.78. The van der Waals surface area contributed by atoms with Gasteiger partial charge in [-0.25, -0.2) is 0 Å². The predicted octanol–water partition coefficient (Wildman–Crippen LogP) is 2.09. The number of carbonyl (C=O) groups excluding carboxylic acids is 1. The average molecular weight is 384 g/mol. The van der Waals surface area contributed by atoms with Crippen molar-refractivity contribution in [3.63, 3.8) is 0 Å². The number of likely N-dealkylation sites (tertiary alicyclic amines) is 1. The Labute approximate surface area is 166 Å². The van der Waals surface area contributed by atoms with E-state index >= 15 is 0 Å². The van der Waals surface area contributed by atoms with Gasteiger partial charge in [-0.2, -0.15) is 0 Å². The topological polar surface area (TPSA) is 71.0 Å². The van der Waals surface area contributed by atoms with Crippen LogP contribution in [0.25, 0.3) is 0 Å². The fraction of sp³-hybridized carbons (Fsp3) is 0.409. The van der Waals surface area contributed by atoms with Crippen LogP contribution in [0.1, 0.15) is 12.8 Å². The van der Waals surface area contributed by atoms with Gasteiger partial charge in [0.05, 0.1) is 13.1 Å². The Bertz CT molecular complexity index is 726. The zero-order chi connectivity index (χ0) is 19.7. The van der Waals surface area contributed by atoms with Gasteiger partial charge >= 0.3 is 0 Å². The number of rotatable bonds is 9. The van der Waals surface area contributed by atoms with Crippen molar-refractivity contribution < 1.29 is 19.4 Å². The van der Waals surface area contributed by atoms with E-state index in [2.05, 4.69) is 5.32 Å². The minimum atomic E-state index is -0.940. The Morgan fingerprint density at radius 1 is 1.04 bits per heavy atom. The third kappa shape index (κ3) is 6.55. The third-order valence-corrected chi connectivity index (χ3v) is 4.69. The van der Waals surface area contributed by atoms with E-state index < -0.39 is 5.60 Å². The number of hydrogen-bond acceptors (Lipinski definition) is 5. The van der Waals surface area contributed by atoms with Gasteiger partial charge in [-0.05, 0) is 43.7 Å². The zero-order valence-corrected chi connectivity index (χ0v) is 16.0. The molecule has 3 rings (SSSR count). The van der Waals surface area contributed by atoms with Gasteiger partial charge in [0.15, 0.2) is 0 Å². The van der Waals surface area contributed by atoms with E-state index in [1.807, 2.05) is 65.6 Å². The van der Waals surface area contributed by atoms with Crippen molar-refractivity contribution in [2.45, 2.75) is 18.4 Å². The number of amides is 1. The molecule has 0 saturated carbocycles. The Hall–Kier alpha value is -2.57. The molecule has 0 bridgehead atoms. The van der Waals surface area contributed by atoms with Gasteiger partial charge < -0.3 is 19.9 Å². The number of benzene rings is 2. The van der Waals surface area contributed by atoms with Gasteiger partial charge in [0.25, 0.3) is 0 Å². The molecule has 1 fully saturated rings. The molecule has 1 aliphatic heterocycles. The first-order chi connectivity index (χ1) is 13.6. The van der Waals surface area contributed by atoms with E-state index in [4.69, 9.17) is 9.47 Å². The maximum absolute atomic E-state index is 12.2. The summed E-state index contributed by atoms with van der Waals surface area (Å²) in [6.45, 7) is 2.57. The minimum Gasteiger partial charge on any atom is -0.492 e. The largest absolute Gasteiger partial charge is 0.492 e. The van der Waals surface area contributed by atoms with Gasteiger partial charge in [0.2, 0.25) is 5.91 Å². The average Bonchev–Trinajstić information content (AvgIpc) is 2.71. The Kier molecular flexibility index (Phi) is 7.28. The molecule has 28 heavy (non-hydrogen) atoms. The molecule has 0 spiro atoms. The molecule has 6 heteroatoms. The summed E-state index contributed by atoms with van der Waals surface area (Å²) in [4.78, 5) is 14.2. The smallest absolute Gasteiger partial charge is 0.234 e. The maximum atomic E-state index is 12.2. The molecule has 150 valence electrons. The quantitative estimate of drug-likeness (QED) is 0.648. The lowest BCUT2D eigenvalue weighted by Crippen LogP contribution is -2.53. The molecule has 1 atom stereocenters. The van der Waals surface area contributed by atoms with Crippen LogP contribution in [0, 0.1) is 0 Å². The van der Waals surface area contributed by atoms with E-state index in [9.17, 15) is 9.90 Å². The third-order valence-electron chi connectivity index (χ3n) is 4.69. The zero-order valence-electron chi connectivity index (χ0n) is 16.0. The molecule has 0 aliphatic carbocycles. The van der Waals surface area contributed by atoms with Crippen LogP contribution in [-0.4, -0.2) is 60.9 Å². The number of ether oxygens (including phenoxy) is 2. The van der Waals surface area contributed by atoms with Crippen molar-refractivity contribution in [2.24, 2.45) is 0 Å². The normalized spacial score (nSPS) is 19.8. The van der Waals surface area contributed by atoms with E-state index in [0.29, 0.717) is 26.1 Å². The van der Waals surface area contributed by atoms with Crippen LogP contribution in [0.15, 0.2) is 60.7 Å². The summed E-state index contributed by atoms with van der Waals surface area (Å²) in [7, 11) is 0. The number of β-amino-alcohol motifs (C(OH)–C–C–N with tert-alkyl or cyclic N) is 1. The summed E-state index contributed by atoms with van der Waals surface area (Å²) < 4.78 is 11.3. The first-order valence-corrected chi connectivity index (χ1v) is 9.70. The summed E-state index contributed by atoms with van der Waals surface area (Å²) in [5.74, 6) is 1.46. The van der Waals surface area contributed by atoms with E-state index in [1.165, 1.54) is 0 Å². The lowest BCUT2D eigenvalue weighted by Gasteiger charge is -2.38. The van der Waals surface area contributed by atoms with Gasteiger partial charge in [-0.3, -0.25) is 9.69 Å².